The molecule has 0 amide bonds. The molecule has 1 N–H and O–H groups in total. The highest BCUT2D eigenvalue weighted by Crippen LogP contribution is 2.27. The average Bonchev–Trinajstić information content (AvgIpc) is 2.93. The summed E-state index contributed by atoms with van der Waals surface area (Å²) >= 11 is 0.934. The van der Waals surface area contributed by atoms with Crippen molar-refractivity contribution in [1.82, 2.24) is 0 Å². The fourth-order valence-electron chi connectivity index (χ4n) is 2.58. The molecule has 1 heterocycles. The molecule has 4 aromatic rings. The smallest absolute Gasteiger partial charge is 0.396 e. The van der Waals surface area contributed by atoms with Crippen LogP contribution in [0.3, 0.4) is 0 Å². The first kappa shape index (κ1) is 14.9. The van der Waals surface area contributed by atoms with Crippen LogP contribution < -0.4 is 9.66 Å². The van der Waals surface area contributed by atoms with Gasteiger partial charge in [0, 0.05) is 5.39 Å². The molecule has 0 saturated heterocycles. The van der Waals surface area contributed by atoms with Crippen LogP contribution in [0.25, 0.3) is 21.1 Å². The molecule has 0 radical (unpaired) electrons. The van der Waals surface area contributed by atoms with E-state index in [1.54, 1.807) is 42.5 Å². The zero-order valence-corrected chi connectivity index (χ0v) is 13.9. The van der Waals surface area contributed by atoms with E-state index in [1.165, 1.54) is 0 Å². The number of rotatable bonds is 3. The SMILES string of the molecule is O=c1oc2ccc(NS(=O)(=O)c3cccc4ccccc34)cc2s1. The van der Waals surface area contributed by atoms with Crippen LogP contribution in [0.15, 0.2) is 74.8 Å². The lowest BCUT2D eigenvalue weighted by Crippen LogP contribution is -2.13. The zero-order valence-electron chi connectivity index (χ0n) is 12.2. The van der Waals surface area contributed by atoms with E-state index in [0.29, 0.717) is 21.4 Å². The number of sulfonamides is 1. The summed E-state index contributed by atoms with van der Waals surface area (Å²) in [5.74, 6) is 0. The number of anilines is 1. The second-order valence-electron chi connectivity index (χ2n) is 5.20. The topological polar surface area (TPSA) is 76.4 Å². The first-order chi connectivity index (χ1) is 11.5. The van der Waals surface area contributed by atoms with Crippen molar-refractivity contribution >= 4 is 48.1 Å². The van der Waals surface area contributed by atoms with Crippen LogP contribution in [0, 0.1) is 0 Å². The van der Waals surface area contributed by atoms with Gasteiger partial charge in [0.05, 0.1) is 15.3 Å². The predicted molar refractivity (Wildman–Crippen MR) is 95.1 cm³/mol. The van der Waals surface area contributed by atoms with Crippen LogP contribution in [-0.2, 0) is 10.0 Å². The molecule has 7 heteroatoms. The van der Waals surface area contributed by atoms with Gasteiger partial charge in [0.1, 0.15) is 5.58 Å². The van der Waals surface area contributed by atoms with Gasteiger partial charge in [-0.15, -0.1) is 0 Å². The number of nitrogens with one attached hydrogen (secondary N) is 1. The Morgan fingerprint density at radius 3 is 2.62 bits per heavy atom. The van der Waals surface area contributed by atoms with Gasteiger partial charge in [-0.25, -0.2) is 13.2 Å². The van der Waals surface area contributed by atoms with E-state index in [9.17, 15) is 13.2 Å². The van der Waals surface area contributed by atoms with Gasteiger partial charge in [0.25, 0.3) is 10.0 Å². The molecule has 0 fully saturated rings. The summed E-state index contributed by atoms with van der Waals surface area (Å²) in [5, 5.41) is 1.51. The molecule has 0 aliphatic carbocycles. The van der Waals surface area contributed by atoms with Gasteiger partial charge in [0.2, 0.25) is 0 Å². The van der Waals surface area contributed by atoms with E-state index in [4.69, 9.17) is 4.42 Å². The van der Waals surface area contributed by atoms with Crippen molar-refractivity contribution in [2.45, 2.75) is 4.90 Å². The molecule has 1 aromatic heterocycles. The quantitative estimate of drug-likeness (QED) is 0.605. The predicted octanol–water partition coefficient (Wildman–Crippen LogP) is 3.81. The van der Waals surface area contributed by atoms with Crippen LogP contribution in [0.1, 0.15) is 0 Å². The molecule has 3 aromatic carbocycles. The Balaban J connectivity index is 1.80. The van der Waals surface area contributed by atoms with Crippen molar-refractivity contribution < 1.29 is 12.8 Å². The lowest BCUT2D eigenvalue weighted by molar-refractivity contribution is 0.585. The van der Waals surface area contributed by atoms with Gasteiger partial charge in [-0.05, 0) is 29.7 Å². The maximum Gasteiger partial charge on any atom is 0.396 e. The Hall–Kier alpha value is -2.64. The Kier molecular flexibility index (Phi) is 3.40. The van der Waals surface area contributed by atoms with E-state index in [2.05, 4.69) is 4.72 Å². The highest BCUT2D eigenvalue weighted by Gasteiger charge is 2.17. The second kappa shape index (κ2) is 5.47. The van der Waals surface area contributed by atoms with E-state index < -0.39 is 15.0 Å². The number of benzene rings is 3. The largest absolute Gasteiger partial charge is 0.414 e. The van der Waals surface area contributed by atoms with E-state index in [-0.39, 0.29) is 4.90 Å². The molecular weight excluding hydrogens is 346 g/mol. The monoisotopic (exact) mass is 357 g/mol. The molecule has 120 valence electrons. The van der Waals surface area contributed by atoms with Crippen LogP contribution in [0.2, 0.25) is 0 Å². The summed E-state index contributed by atoms with van der Waals surface area (Å²) in [6.07, 6.45) is 0. The Morgan fingerprint density at radius 2 is 1.75 bits per heavy atom. The maximum absolute atomic E-state index is 12.8. The van der Waals surface area contributed by atoms with E-state index in [1.807, 2.05) is 18.2 Å². The molecule has 0 saturated carbocycles. The normalized spacial score (nSPS) is 11.8. The van der Waals surface area contributed by atoms with Crippen LogP contribution in [0.4, 0.5) is 5.69 Å². The third kappa shape index (κ3) is 2.57. The van der Waals surface area contributed by atoms with Crippen molar-refractivity contribution in [3.63, 3.8) is 0 Å². The van der Waals surface area contributed by atoms with Crippen molar-refractivity contribution in [3.05, 3.63) is 70.4 Å². The Labute approximate surface area is 141 Å². The third-order valence-electron chi connectivity index (χ3n) is 3.62. The van der Waals surface area contributed by atoms with Gasteiger partial charge in [-0.2, -0.15) is 0 Å². The van der Waals surface area contributed by atoms with Crippen LogP contribution in [-0.4, -0.2) is 8.42 Å². The molecule has 4 rings (SSSR count). The summed E-state index contributed by atoms with van der Waals surface area (Å²) in [5.41, 5.74) is 0.825. The molecule has 0 aliphatic heterocycles. The minimum atomic E-state index is -3.76. The van der Waals surface area contributed by atoms with Gasteiger partial charge in [0.15, 0.2) is 0 Å². The minimum Gasteiger partial charge on any atom is -0.414 e. The Bertz CT molecular complexity index is 1220. The van der Waals surface area contributed by atoms with Gasteiger partial charge in [-0.3, -0.25) is 4.72 Å². The van der Waals surface area contributed by atoms with Crippen LogP contribution >= 0.6 is 11.3 Å². The molecule has 24 heavy (non-hydrogen) atoms. The van der Waals surface area contributed by atoms with E-state index >= 15 is 0 Å². The summed E-state index contributed by atoms with van der Waals surface area (Å²) in [4.78, 5) is 11.1. The second-order valence-corrected chi connectivity index (χ2v) is 7.83. The average molecular weight is 357 g/mol. The lowest BCUT2D eigenvalue weighted by atomic mass is 10.1. The first-order valence-electron chi connectivity index (χ1n) is 7.07. The summed E-state index contributed by atoms with van der Waals surface area (Å²) in [7, 11) is -3.76. The van der Waals surface area contributed by atoms with Crippen molar-refractivity contribution in [1.29, 1.82) is 0 Å². The van der Waals surface area contributed by atoms with Crippen molar-refractivity contribution in [2.24, 2.45) is 0 Å². The fourth-order valence-corrected chi connectivity index (χ4v) is 4.56. The number of hydrogen-bond donors (Lipinski definition) is 1. The molecule has 0 aliphatic rings. The lowest BCUT2D eigenvalue weighted by Gasteiger charge is -2.10. The summed E-state index contributed by atoms with van der Waals surface area (Å²) < 4.78 is 33.7. The molecule has 0 atom stereocenters. The fraction of sp³-hybridized carbons (Fsp3) is 0. The third-order valence-corrected chi connectivity index (χ3v) is 5.85. The highest BCUT2D eigenvalue weighted by atomic mass is 32.2. The van der Waals surface area contributed by atoms with Gasteiger partial charge in [-0.1, -0.05) is 47.7 Å². The molecule has 0 unspecified atom stereocenters. The minimum absolute atomic E-state index is 0.209. The summed E-state index contributed by atoms with van der Waals surface area (Å²) in [6, 6.07) is 17.2. The molecular formula is C17H11NO4S2. The molecule has 5 nitrogen and oxygen atoms in total. The van der Waals surface area contributed by atoms with E-state index in [0.717, 1.165) is 16.7 Å². The molecule has 0 bridgehead atoms. The number of fused-ring (bicyclic) bond motifs is 2. The first-order valence-corrected chi connectivity index (χ1v) is 9.37. The van der Waals surface area contributed by atoms with Crippen LogP contribution in [0.5, 0.6) is 0 Å². The maximum atomic E-state index is 12.8. The van der Waals surface area contributed by atoms with Gasteiger partial charge >= 0.3 is 4.94 Å². The number of hydrogen-bond acceptors (Lipinski definition) is 5. The summed E-state index contributed by atoms with van der Waals surface area (Å²) in [6.45, 7) is 0. The van der Waals surface area contributed by atoms with Gasteiger partial charge < -0.3 is 4.42 Å². The highest BCUT2D eigenvalue weighted by molar-refractivity contribution is 7.93. The van der Waals surface area contributed by atoms with Crippen molar-refractivity contribution in [2.75, 3.05) is 4.72 Å². The Morgan fingerprint density at radius 1 is 0.958 bits per heavy atom. The standard InChI is InChI=1S/C17H11NO4S2/c19-17-22-14-9-8-12(10-15(14)23-17)18-24(20,21)16-7-3-5-11-4-1-2-6-13(11)16/h1-10,18H. The van der Waals surface area contributed by atoms with Crippen molar-refractivity contribution in [3.8, 4) is 0 Å². The molecule has 0 spiro atoms. The zero-order chi connectivity index (χ0) is 16.7.